The molecule has 0 atom stereocenters. The summed E-state index contributed by atoms with van der Waals surface area (Å²) in [7, 11) is 0. The van der Waals surface area contributed by atoms with E-state index in [1.807, 2.05) is 13.8 Å². The van der Waals surface area contributed by atoms with Crippen molar-refractivity contribution in [2.45, 2.75) is 52.9 Å². The van der Waals surface area contributed by atoms with Crippen LogP contribution in [0.2, 0.25) is 0 Å². The van der Waals surface area contributed by atoms with Crippen LogP contribution in [0.4, 0.5) is 0 Å². The summed E-state index contributed by atoms with van der Waals surface area (Å²) in [5.41, 5.74) is 8.53. The van der Waals surface area contributed by atoms with E-state index in [9.17, 15) is 0 Å². The molecular formula is C19H26. The third-order valence-corrected chi connectivity index (χ3v) is 3.47. The van der Waals surface area contributed by atoms with Crippen LogP contribution in [-0.2, 0) is 0 Å². The van der Waals surface area contributed by atoms with Crippen molar-refractivity contribution in [2.24, 2.45) is 0 Å². The van der Waals surface area contributed by atoms with Crippen LogP contribution in [0.3, 0.4) is 0 Å². The van der Waals surface area contributed by atoms with Crippen LogP contribution in [0.1, 0.15) is 52.9 Å². The van der Waals surface area contributed by atoms with Crippen LogP contribution in [-0.4, -0.2) is 0 Å². The molecule has 1 fully saturated rings. The average molecular weight is 254 g/mol. The van der Waals surface area contributed by atoms with Gasteiger partial charge in [-0.3, -0.25) is 0 Å². The smallest absolute Gasteiger partial charge is 0.0229 e. The molecule has 0 saturated heterocycles. The number of hydrogen-bond donors (Lipinski definition) is 0. The van der Waals surface area contributed by atoms with Gasteiger partial charge in [-0.25, -0.2) is 0 Å². The molecule has 2 rings (SSSR count). The van der Waals surface area contributed by atoms with Crippen LogP contribution in [0, 0.1) is 0 Å². The molecule has 0 heteroatoms. The van der Waals surface area contributed by atoms with E-state index >= 15 is 0 Å². The highest BCUT2D eigenvalue weighted by Crippen LogP contribution is 2.28. The molecule has 0 aromatic rings. The molecule has 2 aliphatic carbocycles. The molecule has 0 spiro atoms. The van der Waals surface area contributed by atoms with Crippen LogP contribution in [0.15, 0.2) is 65.0 Å². The Morgan fingerprint density at radius 1 is 1.21 bits per heavy atom. The lowest BCUT2D eigenvalue weighted by Crippen LogP contribution is -1.88. The predicted molar refractivity (Wildman–Crippen MR) is 86.1 cm³/mol. The van der Waals surface area contributed by atoms with E-state index in [4.69, 9.17) is 0 Å². The van der Waals surface area contributed by atoms with E-state index in [1.165, 1.54) is 42.4 Å². The van der Waals surface area contributed by atoms with Gasteiger partial charge in [-0.1, -0.05) is 55.9 Å². The second-order valence-electron chi connectivity index (χ2n) is 4.79. The van der Waals surface area contributed by atoms with Crippen molar-refractivity contribution < 1.29 is 0 Å². The molecular weight excluding hydrogens is 228 g/mol. The summed E-state index contributed by atoms with van der Waals surface area (Å²) in [6.07, 6.45) is 17.1. The summed E-state index contributed by atoms with van der Waals surface area (Å²) in [6.45, 7) is 10.0. The van der Waals surface area contributed by atoms with Crippen LogP contribution < -0.4 is 0 Å². The fourth-order valence-corrected chi connectivity index (χ4v) is 2.45. The molecule has 1 saturated carbocycles. The van der Waals surface area contributed by atoms with E-state index in [1.54, 1.807) is 5.57 Å². The molecule has 0 nitrogen and oxygen atoms in total. The van der Waals surface area contributed by atoms with Gasteiger partial charge >= 0.3 is 0 Å². The normalized spacial score (nSPS) is 17.5. The molecule has 19 heavy (non-hydrogen) atoms. The lowest BCUT2D eigenvalue weighted by molar-refractivity contribution is 0.886. The highest BCUT2D eigenvalue weighted by atomic mass is 14.1. The standard InChI is InChI=1S/C17H20.C2H6/c1-3-16(13-15-10-7-8-11-15)17-12-6-4-5-9-14(17)2;1-2/h4-6,12-13H,1,7-11H2,2H3;1-2H3. The first kappa shape index (κ1) is 15.5. The topological polar surface area (TPSA) is 0 Å². The fourth-order valence-electron chi connectivity index (χ4n) is 2.45. The summed E-state index contributed by atoms with van der Waals surface area (Å²) < 4.78 is 0. The number of hydrogen-bond acceptors (Lipinski definition) is 0. The Hall–Kier alpha value is -1.52. The van der Waals surface area contributed by atoms with Gasteiger partial charge in [0.25, 0.3) is 0 Å². The summed E-state index contributed by atoms with van der Waals surface area (Å²) in [5, 5.41) is 0. The van der Waals surface area contributed by atoms with Crippen LogP contribution in [0.25, 0.3) is 0 Å². The molecule has 0 aromatic carbocycles. The van der Waals surface area contributed by atoms with E-state index < -0.39 is 0 Å². The van der Waals surface area contributed by atoms with Crippen molar-refractivity contribution in [2.75, 3.05) is 0 Å². The van der Waals surface area contributed by atoms with E-state index in [-0.39, 0.29) is 0 Å². The minimum atomic E-state index is 1.02. The molecule has 102 valence electrons. The molecule has 0 N–H and O–H groups in total. The van der Waals surface area contributed by atoms with Crippen LogP contribution in [0.5, 0.6) is 0 Å². The fraction of sp³-hybridized carbons (Fsp3) is 0.421. The monoisotopic (exact) mass is 254 g/mol. The minimum Gasteiger partial charge on any atom is -0.120 e. The van der Waals surface area contributed by atoms with Gasteiger partial charge in [0.15, 0.2) is 0 Å². The van der Waals surface area contributed by atoms with Crippen molar-refractivity contribution in [1.29, 1.82) is 0 Å². The highest BCUT2D eigenvalue weighted by Gasteiger charge is 2.10. The SMILES string of the molecule is C=C=C(C=C1CCCC1)C1=C(C)CC=CC=C1.CC. The van der Waals surface area contributed by atoms with Gasteiger partial charge in [0.2, 0.25) is 0 Å². The first-order chi connectivity index (χ1) is 9.31. The van der Waals surface area contributed by atoms with Gasteiger partial charge in [-0.2, -0.15) is 0 Å². The van der Waals surface area contributed by atoms with E-state index in [2.05, 4.69) is 49.6 Å². The quantitative estimate of drug-likeness (QED) is 0.526. The zero-order valence-corrected chi connectivity index (χ0v) is 12.6. The lowest BCUT2D eigenvalue weighted by atomic mass is 9.97. The molecule has 2 aliphatic rings. The molecule has 0 bridgehead atoms. The zero-order valence-electron chi connectivity index (χ0n) is 12.6. The van der Waals surface area contributed by atoms with Gasteiger partial charge < -0.3 is 0 Å². The van der Waals surface area contributed by atoms with Gasteiger partial charge in [0, 0.05) is 5.57 Å². The molecule has 0 aromatic heterocycles. The number of allylic oxidation sites excluding steroid dienone is 9. The maximum atomic E-state index is 3.85. The largest absolute Gasteiger partial charge is 0.120 e. The lowest BCUT2D eigenvalue weighted by Gasteiger charge is -2.07. The Kier molecular flexibility index (Phi) is 7.00. The summed E-state index contributed by atoms with van der Waals surface area (Å²) >= 11 is 0. The van der Waals surface area contributed by atoms with Crippen molar-refractivity contribution in [3.05, 3.63) is 65.0 Å². The van der Waals surface area contributed by atoms with Gasteiger partial charge in [0.05, 0.1) is 0 Å². The van der Waals surface area contributed by atoms with Crippen molar-refractivity contribution in [1.82, 2.24) is 0 Å². The first-order valence-corrected chi connectivity index (χ1v) is 7.44. The van der Waals surface area contributed by atoms with Gasteiger partial charge in [0.1, 0.15) is 0 Å². The third kappa shape index (κ3) is 4.58. The zero-order chi connectivity index (χ0) is 14.1. The van der Waals surface area contributed by atoms with Gasteiger partial charge in [-0.15, -0.1) is 5.73 Å². The molecule has 0 unspecified atom stereocenters. The second-order valence-corrected chi connectivity index (χ2v) is 4.79. The van der Waals surface area contributed by atoms with Crippen LogP contribution >= 0.6 is 0 Å². The Bertz CT molecular complexity index is 452. The molecule has 0 radical (unpaired) electrons. The molecule has 0 aliphatic heterocycles. The Morgan fingerprint density at radius 2 is 1.89 bits per heavy atom. The van der Waals surface area contributed by atoms with Crippen molar-refractivity contribution in [3.8, 4) is 0 Å². The first-order valence-electron chi connectivity index (χ1n) is 7.44. The van der Waals surface area contributed by atoms with Gasteiger partial charge in [-0.05, 0) is 50.7 Å². The second kappa shape index (κ2) is 8.56. The van der Waals surface area contributed by atoms with E-state index in [0.717, 1.165) is 6.42 Å². The van der Waals surface area contributed by atoms with Crippen molar-refractivity contribution in [3.63, 3.8) is 0 Å². The third-order valence-electron chi connectivity index (χ3n) is 3.47. The maximum absolute atomic E-state index is 3.85. The number of rotatable bonds is 2. The Morgan fingerprint density at radius 3 is 2.53 bits per heavy atom. The average Bonchev–Trinajstić information content (AvgIpc) is 2.87. The predicted octanol–water partition coefficient (Wildman–Crippen LogP) is 6.06. The highest BCUT2D eigenvalue weighted by molar-refractivity contribution is 5.51. The summed E-state index contributed by atoms with van der Waals surface area (Å²) in [5.74, 6) is 0. The van der Waals surface area contributed by atoms with Crippen molar-refractivity contribution >= 4 is 0 Å². The molecule has 0 heterocycles. The summed E-state index contributed by atoms with van der Waals surface area (Å²) in [4.78, 5) is 0. The molecule has 0 amide bonds. The van der Waals surface area contributed by atoms with E-state index in [0.29, 0.717) is 0 Å². The summed E-state index contributed by atoms with van der Waals surface area (Å²) in [6, 6.07) is 0. The maximum Gasteiger partial charge on any atom is 0.0229 e. The Balaban J connectivity index is 0.000000861. The Labute approximate surface area is 118 Å². The minimum absolute atomic E-state index is 1.02.